The second-order valence-corrected chi connectivity index (χ2v) is 13.4. The Morgan fingerprint density at radius 2 is 1.58 bits per heavy atom. The van der Waals surface area contributed by atoms with Crippen molar-refractivity contribution in [2.24, 2.45) is 17.3 Å². The number of carbonyl (C=O) groups excluding carboxylic acids is 2. The molecule has 0 spiro atoms. The molecule has 1 fully saturated rings. The number of carbonyl (C=O) groups is 2. The first-order valence-electron chi connectivity index (χ1n) is 9.46. The van der Waals surface area contributed by atoms with Crippen LogP contribution in [0.2, 0.25) is 19.1 Å². The van der Waals surface area contributed by atoms with Crippen LogP contribution in [-0.4, -0.2) is 33.2 Å². The summed E-state index contributed by atoms with van der Waals surface area (Å²) in [4.78, 5) is 22.7. The minimum atomic E-state index is -1.55. The zero-order chi connectivity index (χ0) is 19.4. The highest BCUT2D eigenvalue weighted by Crippen LogP contribution is 2.49. The van der Waals surface area contributed by atoms with Gasteiger partial charge in [-0.25, -0.2) is 0 Å². The Bertz CT molecular complexity index is 608. The molecule has 1 aliphatic rings. The van der Waals surface area contributed by atoms with Crippen LogP contribution in [0.1, 0.15) is 33.6 Å². The zero-order valence-electron chi connectivity index (χ0n) is 16.7. The number of hydrogen-bond donors (Lipinski definition) is 0. The molecule has 0 aliphatic heterocycles. The van der Waals surface area contributed by atoms with Gasteiger partial charge in [0.25, 0.3) is 0 Å². The van der Waals surface area contributed by atoms with Crippen LogP contribution in [-0.2, 0) is 19.1 Å². The lowest BCUT2D eigenvalue weighted by Crippen LogP contribution is -2.43. The molecule has 0 heterocycles. The number of rotatable bonds is 7. The fourth-order valence-corrected chi connectivity index (χ4v) is 7.60. The lowest BCUT2D eigenvalue weighted by Gasteiger charge is -2.30. The molecule has 4 nitrogen and oxygen atoms in total. The van der Waals surface area contributed by atoms with Gasteiger partial charge in [0, 0.05) is 19.3 Å². The molecule has 2 rings (SSSR count). The molecule has 0 radical (unpaired) electrons. The average molecular weight is 377 g/mol. The first-order chi connectivity index (χ1) is 12.1. The normalized spacial score (nSPS) is 22.0. The quantitative estimate of drug-likeness (QED) is 0.537. The minimum absolute atomic E-state index is 0.247. The van der Waals surface area contributed by atoms with E-state index in [1.54, 1.807) is 0 Å². The molecule has 0 saturated heterocycles. The molecule has 1 aromatic rings. The molecule has 0 aromatic heterocycles. The molecular formula is C21H32O4Si. The third-order valence-corrected chi connectivity index (χ3v) is 9.19. The summed E-state index contributed by atoms with van der Waals surface area (Å²) in [7, 11) is -1.55. The van der Waals surface area contributed by atoms with Crippen LogP contribution in [0.15, 0.2) is 30.3 Å². The van der Waals surface area contributed by atoms with E-state index >= 15 is 0 Å². The lowest BCUT2D eigenvalue weighted by atomic mass is 9.87. The van der Waals surface area contributed by atoms with Crippen molar-refractivity contribution < 1.29 is 19.1 Å². The molecule has 0 amide bonds. The highest BCUT2D eigenvalue weighted by Gasteiger charge is 2.47. The molecule has 0 unspecified atom stereocenters. The second kappa shape index (κ2) is 8.38. The second-order valence-electron chi connectivity index (χ2n) is 8.66. The van der Waals surface area contributed by atoms with Crippen LogP contribution in [0.25, 0.3) is 0 Å². The maximum Gasteiger partial charge on any atom is 0.302 e. The van der Waals surface area contributed by atoms with Crippen molar-refractivity contribution in [1.29, 1.82) is 0 Å². The monoisotopic (exact) mass is 376 g/mol. The van der Waals surface area contributed by atoms with Gasteiger partial charge in [-0.2, -0.15) is 0 Å². The maximum atomic E-state index is 11.3. The molecule has 1 aliphatic carbocycles. The molecule has 0 bridgehead atoms. The largest absolute Gasteiger partial charge is 0.465 e. The Labute approximate surface area is 158 Å². The summed E-state index contributed by atoms with van der Waals surface area (Å²) < 4.78 is 10.7. The topological polar surface area (TPSA) is 52.6 Å². The average Bonchev–Trinajstić information content (AvgIpc) is 2.88. The van der Waals surface area contributed by atoms with E-state index in [1.165, 1.54) is 25.1 Å². The van der Waals surface area contributed by atoms with Gasteiger partial charge < -0.3 is 9.47 Å². The van der Waals surface area contributed by atoms with Crippen molar-refractivity contribution in [1.82, 2.24) is 0 Å². The highest BCUT2D eigenvalue weighted by molar-refractivity contribution is 6.89. The van der Waals surface area contributed by atoms with Crippen LogP contribution < -0.4 is 5.19 Å². The van der Waals surface area contributed by atoms with E-state index in [0.29, 0.717) is 25.0 Å². The van der Waals surface area contributed by atoms with E-state index in [4.69, 9.17) is 9.47 Å². The smallest absolute Gasteiger partial charge is 0.302 e. The summed E-state index contributed by atoms with van der Waals surface area (Å²) >= 11 is 0. The van der Waals surface area contributed by atoms with Gasteiger partial charge in [-0.3, -0.25) is 9.59 Å². The van der Waals surface area contributed by atoms with Gasteiger partial charge in [0.15, 0.2) is 0 Å². The van der Waals surface area contributed by atoms with E-state index in [0.717, 1.165) is 12.8 Å². The van der Waals surface area contributed by atoms with Crippen LogP contribution >= 0.6 is 0 Å². The Morgan fingerprint density at radius 1 is 1.04 bits per heavy atom. The third-order valence-electron chi connectivity index (χ3n) is 5.75. The van der Waals surface area contributed by atoms with Gasteiger partial charge in [0.05, 0.1) is 8.07 Å². The summed E-state index contributed by atoms with van der Waals surface area (Å²) in [5.41, 5.74) is -0.247. The van der Waals surface area contributed by atoms with Crippen molar-refractivity contribution in [3.8, 4) is 0 Å². The molecule has 144 valence electrons. The number of benzene rings is 1. The lowest BCUT2D eigenvalue weighted by molar-refractivity contribution is -0.151. The molecule has 1 aromatic carbocycles. The Hall–Kier alpha value is -1.62. The number of ether oxygens (including phenoxy) is 2. The highest BCUT2D eigenvalue weighted by atomic mass is 28.3. The first kappa shape index (κ1) is 20.7. The van der Waals surface area contributed by atoms with Crippen molar-refractivity contribution in [3.63, 3.8) is 0 Å². The summed E-state index contributed by atoms with van der Waals surface area (Å²) in [5.74, 6) is 0.532. The Kier molecular flexibility index (Phi) is 6.67. The molecule has 1 saturated carbocycles. The predicted molar refractivity (Wildman–Crippen MR) is 106 cm³/mol. The predicted octanol–water partition coefficient (Wildman–Crippen LogP) is 3.76. The summed E-state index contributed by atoms with van der Waals surface area (Å²) in [6.07, 6.45) is 1.87. The van der Waals surface area contributed by atoms with Crippen molar-refractivity contribution >= 4 is 25.2 Å². The molecule has 5 heteroatoms. The van der Waals surface area contributed by atoms with E-state index in [-0.39, 0.29) is 17.4 Å². The van der Waals surface area contributed by atoms with Crippen molar-refractivity contribution in [3.05, 3.63) is 30.3 Å². The van der Waals surface area contributed by atoms with Crippen LogP contribution in [0.5, 0.6) is 0 Å². The molecule has 26 heavy (non-hydrogen) atoms. The standard InChI is InChI=1S/C21H32O4Si/c1-16-11-21(14-24-17(2)22,15-25-18(3)23)12-19(16)13-26(4,5)20-9-7-6-8-10-20/h6-10,16,19H,11-15H2,1-5H3/t16-,19+/m1/s1. The summed E-state index contributed by atoms with van der Waals surface area (Å²) in [6, 6.07) is 12.0. The maximum absolute atomic E-state index is 11.3. The van der Waals surface area contributed by atoms with Crippen LogP contribution in [0.3, 0.4) is 0 Å². The fourth-order valence-electron chi connectivity index (χ4n) is 4.41. The molecule has 2 atom stereocenters. The number of esters is 2. The summed E-state index contributed by atoms with van der Waals surface area (Å²) in [6.45, 7) is 10.7. The Morgan fingerprint density at radius 3 is 2.08 bits per heavy atom. The molecular weight excluding hydrogens is 344 g/mol. The van der Waals surface area contributed by atoms with Crippen molar-refractivity contribution in [2.45, 2.75) is 52.8 Å². The van der Waals surface area contributed by atoms with Gasteiger partial charge in [-0.05, 0) is 24.7 Å². The van der Waals surface area contributed by atoms with Gasteiger partial charge in [-0.1, -0.05) is 61.6 Å². The van der Waals surface area contributed by atoms with Gasteiger partial charge >= 0.3 is 11.9 Å². The van der Waals surface area contributed by atoms with Gasteiger partial charge in [0.1, 0.15) is 13.2 Å². The SMILES string of the molecule is CC(=O)OCC1(COC(C)=O)C[C@@H](C[Si](C)(C)c2ccccc2)[C@H](C)C1. The van der Waals surface area contributed by atoms with E-state index in [2.05, 4.69) is 50.3 Å². The summed E-state index contributed by atoms with van der Waals surface area (Å²) in [5, 5.41) is 1.48. The van der Waals surface area contributed by atoms with Crippen LogP contribution in [0, 0.1) is 17.3 Å². The van der Waals surface area contributed by atoms with E-state index in [9.17, 15) is 9.59 Å². The Balaban J connectivity index is 2.12. The van der Waals surface area contributed by atoms with E-state index in [1.807, 2.05) is 0 Å². The first-order valence-corrected chi connectivity index (χ1v) is 12.7. The number of hydrogen-bond acceptors (Lipinski definition) is 4. The zero-order valence-corrected chi connectivity index (χ0v) is 17.7. The molecule has 0 N–H and O–H groups in total. The fraction of sp³-hybridized carbons (Fsp3) is 0.619. The van der Waals surface area contributed by atoms with Gasteiger partial charge in [-0.15, -0.1) is 0 Å². The minimum Gasteiger partial charge on any atom is -0.465 e. The van der Waals surface area contributed by atoms with Crippen LogP contribution in [0.4, 0.5) is 0 Å². The third kappa shape index (κ3) is 5.43. The van der Waals surface area contributed by atoms with Crippen molar-refractivity contribution in [2.75, 3.05) is 13.2 Å². The van der Waals surface area contributed by atoms with E-state index < -0.39 is 8.07 Å². The van der Waals surface area contributed by atoms with Gasteiger partial charge in [0.2, 0.25) is 0 Å².